The average Bonchev–Trinajstić information content (AvgIpc) is 3.04. The molecule has 1 aromatic carbocycles. The summed E-state index contributed by atoms with van der Waals surface area (Å²) in [6.07, 6.45) is 5.14. The van der Waals surface area contributed by atoms with Gasteiger partial charge < -0.3 is 9.80 Å². The fourth-order valence-electron chi connectivity index (χ4n) is 2.73. The molecule has 0 amide bonds. The van der Waals surface area contributed by atoms with E-state index in [1.54, 1.807) is 4.90 Å². The molecule has 0 N–H and O–H groups in total. The zero-order chi connectivity index (χ0) is 14.7. The van der Waals surface area contributed by atoms with E-state index >= 15 is 0 Å². The topological polar surface area (TPSA) is 43.2 Å². The van der Waals surface area contributed by atoms with Crippen LogP contribution in [0.1, 0.15) is 6.42 Å². The lowest BCUT2D eigenvalue weighted by Crippen LogP contribution is -2.34. The summed E-state index contributed by atoms with van der Waals surface area (Å²) in [5.74, 6) is 0.958. The van der Waals surface area contributed by atoms with Crippen molar-refractivity contribution in [1.82, 2.24) is 9.88 Å². The van der Waals surface area contributed by atoms with Crippen molar-refractivity contribution in [3.05, 3.63) is 48.7 Å². The van der Waals surface area contributed by atoms with E-state index in [4.69, 9.17) is 5.26 Å². The maximum Gasteiger partial charge on any atom is 0.179 e. The summed E-state index contributed by atoms with van der Waals surface area (Å²) in [6.45, 7) is 1.63. The fraction of sp³-hybridized carbons (Fsp3) is 0.294. The molecule has 3 rings (SSSR count). The van der Waals surface area contributed by atoms with Crippen LogP contribution < -0.4 is 4.90 Å². The second kappa shape index (κ2) is 5.84. The number of pyridine rings is 1. The molecule has 2 heterocycles. The molecule has 106 valence electrons. The van der Waals surface area contributed by atoms with Crippen molar-refractivity contribution in [2.24, 2.45) is 0 Å². The van der Waals surface area contributed by atoms with Gasteiger partial charge in [-0.3, -0.25) is 0 Å². The Kier molecular flexibility index (Phi) is 3.74. The number of anilines is 1. The van der Waals surface area contributed by atoms with E-state index in [0.29, 0.717) is 6.04 Å². The number of nitrogens with zero attached hydrogens (tertiary/aromatic N) is 4. The summed E-state index contributed by atoms with van der Waals surface area (Å²) in [6, 6.07) is 14.8. The molecule has 1 aliphatic heterocycles. The number of hydrogen-bond donors (Lipinski definition) is 0. The standard InChI is InChI=1S/C17H18N4/c1-20(16-9-10-21(12-16)13-18)17-8-7-15(11-19-17)14-5-3-2-4-6-14/h2-8,11,16H,9-10,12H2,1H3. The Morgan fingerprint density at radius 3 is 2.62 bits per heavy atom. The van der Waals surface area contributed by atoms with Crippen LogP contribution in [0, 0.1) is 11.5 Å². The summed E-state index contributed by atoms with van der Waals surface area (Å²) >= 11 is 0. The maximum atomic E-state index is 8.94. The van der Waals surface area contributed by atoms with Gasteiger partial charge in [0.2, 0.25) is 0 Å². The summed E-state index contributed by atoms with van der Waals surface area (Å²) in [5.41, 5.74) is 2.30. The first-order chi connectivity index (χ1) is 10.3. The predicted molar refractivity (Wildman–Crippen MR) is 83.7 cm³/mol. The van der Waals surface area contributed by atoms with Gasteiger partial charge in [0.15, 0.2) is 6.19 Å². The summed E-state index contributed by atoms with van der Waals surface area (Å²) < 4.78 is 0. The van der Waals surface area contributed by atoms with Gasteiger partial charge in [-0.15, -0.1) is 0 Å². The van der Waals surface area contributed by atoms with Crippen LogP contribution in [0.3, 0.4) is 0 Å². The Morgan fingerprint density at radius 2 is 2.00 bits per heavy atom. The average molecular weight is 278 g/mol. The van der Waals surface area contributed by atoms with Crippen molar-refractivity contribution in [3.8, 4) is 17.3 Å². The van der Waals surface area contributed by atoms with Crippen molar-refractivity contribution in [2.45, 2.75) is 12.5 Å². The largest absolute Gasteiger partial charge is 0.355 e. The SMILES string of the molecule is CN(c1ccc(-c2ccccc2)cn1)C1CCN(C#N)C1. The van der Waals surface area contributed by atoms with E-state index in [1.807, 2.05) is 24.4 Å². The van der Waals surface area contributed by atoms with E-state index in [-0.39, 0.29) is 0 Å². The highest BCUT2D eigenvalue weighted by molar-refractivity contribution is 5.63. The first-order valence-electron chi connectivity index (χ1n) is 7.17. The van der Waals surface area contributed by atoms with Crippen LogP contribution >= 0.6 is 0 Å². The molecule has 2 aromatic rings. The molecule has 1 saturated heterocycles. The normalized spacial score (nSPS) is 17.5. The zero-order valence-corrected chi connectivity index (χ0v) is 12.1. The molecule has 1 aliphatic rings. The monoisotopic (exact) mass is 278 g/mol. The van der Waals surface area contributed by atoms with Crippen molar-refractivity contribution in [3.63, 3.8) is 0 Å². The number of rotatable bonds is 3. The Balaban J connectivity index is 1.74. The van der Waals surface area contributed by atoms with Gasteiger partial charge in [-0.1, -0.05) is 30.3 Å². The van der Waals surface area contributed by atoms with E-state index in [1.165, 1.54) is 5.56 Å². The molecular weight excluding hydrogens is 260 g/mol. The van der Waals surface area contributed by atoms with Crippen molar-refractivity contribution in [1.29, 1.82) is 5.26 Å². The lowest BCUT2D eigenvalue weighted by atomic mass is 10.1. The zero-order valence-electron chi connectivity index (χ0n) is 12.1. The molecule has 0 spiro atoms. The van der Waals surface area contributed by atoms with Crippen molar-refractivity contribution < 1.29 is 0 Å². The van der Waals surface area contributed by atoms with Crippen LogP contribution in [0.15, 0.2) is 48.7 Å². The number of likely N-dealkylation sites (tertiary alicyclic amines) is 1. The lowest BCUT2D eigenvalue weighted by Gasteiger charge is -2.25. The minimum Gasteiger partial charge on any atom is -0.355 e. The molecule has 0 bridgehead atoms. The smallest absolute Gasteiger partial charge is 0.179 e. The summed E-state index contributed by atoms with van der Waals surface area (Å²) in [4.78, 5) is 8.55. The first kappa shape index (κ1) is 13.4. The van der Waals surface area contributed by atoms with E-state index in [0.717, 1.165) is 30.9 Å². The van der Waals surface area contributed by atoms with E-state index in [9.17, 15) is 0 Å². The lowest BCUT2D eigenvalue weighted by molar-refractivity contribution is 0.475. The van der Waals surface area contributed by atoms with Crippen molar-refractivity contribution in [2.75, 3.05) is 25.0 Å². The molecule has 0 saturated carbocycles. The third-order valence-corrected chi connectivity index (χ3v) is 4.07. The van der Waals surface area contributed by atoms with Crippen LogP contribution in [-0.4, -0.2) is 36.1 Å². The Bertz CT molecular complexity index is 630. The Labute approximate surface area is 125 Å². The first-order valence-corrected chi connectivity index (χ1v) is 7.17. The van der Waals surface area contributed by atoms with Gasteiger partial charge >= 0.3 is 0 Å². The molecule has 0 aliphatic carbocycles. The Morgan fingerprint density at radius 1 is 1.19 bits per heavy atom. The second-order valence-corrected chi connectivity index (χ2v) is 5.37. The Hall–Kier alpha value is -2.54. The molecule has 1 aromatic heterocycles. The van der Waals surface area contributed by atoms with Gasteiger partial charge in [-0.25, -0.2) is 4.98 Å². The number of likely N-dealkylation sites (N-methyl/N-ethyl adjacent to an activating group) is 1. The quantitative estimate of drug-likeness (QED) is 0.810. The third kappa shape index (κ3) is 2.82. The third-order valence-electron chi connectivity index (χ3n) is 4.07. The molecule has 1 fully saturated rings. The van der Waals surface area contributed by atoms with Crippen LogP contribution in [0.25, 0.3) is 11.1 Å². The van der Waals surface area contributed by atoms with Crippen LogP contribution in [-0.2, 0) is 0 Å². The van der Waals surface area contributed by atoms with Crippen LogP contribution in [0.2, 0.25) is 0 Å². The number of aromatic nitrogens is 1. The minimum absolute atomic E-state index is 0.361. The highest BCUT2D eigenvalue weighted by atomic mass is 15.3. The molecule has 1 atom stereocenters. The second-order valence-electron chi connectivity index (χ2n) is 5.37. The van der Waals surface area contributed by atoms with Crippen LogP contribution in [0.4, 0.5) is 5.82 Å². The minimum atomic E-state index is 0.361. The molecule has 0 radical (unpaired) electrons. The van der Waals surface area contributed by atoms with Crippen molar-refractivity contribution >= 4 is 5.82 Å². The molecule has 1 unspecified atom stereocenters. The highest BCUT2D eigenvalue weighted by Crippen LogP contribution is 2.23. The van der Waals surface area contributed by atoms with E-state index < -0.39 is 0 Å². The van der Waals surface area contributed by atoms with Gasteiger partial charge in [0.25, 0.3) is 0 Å². The summed E-state index contributed by atoms with van der Waals surface area (Å²) in [5, 5.41) is 8.94. The number of benzene rings is 1. The molecular formula is C17H18N4. The van der Waals surface area contributed by atoms with Crippen LogP contribution in [0.5, 0.6) is 0 Å². The van der Waals surface area contributed by atoms with Gasteiger partial charge in [-0.05, 0) is 24.1 Å². The maximum absolute atomic E-state index is 8.94. The molecule has 4 nitrogen and oxygen atoms in total. The molecule has 4 heteroatoms. The van der Waals surface area contributed by atoms with Gasteiger partial charge in [0, 0.05) is 31.9 Å². The summed E-state index contributed by atoms with van der Waals surface area (Å²) in [7, 11) is 2.05. The number of nitriles is 1. The molecule has 21 heavy (non-hydrogen) atoms. The van der Waals surface area contributed by atoms with Gasteiger partial charge in [0.1, 0.15) is 5.82 Å². The number of hydrogen-bond acceptors (Lipinski definition) is 4. The van der Waals surface area contributed by atoms with Gasteiger partial charge in [0.05, 0.1) is 6.04 Å². The highest BCUT2D eigenvalue weighted by Gasteiger charge is 2.25. The predicted octanol–water partition coefficient (Wildman–Crippen LogP) is 2.74. The van der Waals surface area contributed by atoms with Gasteiger partial charge in [-0.2, -0.15) is 5.26 Å². The fourth-order valence-corrected chi connectivity index (χ4v) is 2.73. The van der Waals surface area contributed by atoms with E-state index in [2.05, 4.69) is 47.4 Å².